The van der Waals surface area contributed by atoms with Gasteiger partial charge in [0.1, 0.15) is 11.6 Å². The van der Waals surface area contributed by atoms with Crippen molar-refractivity contribution in [3.63, 3.8) is 0 Å². The van der Waals surface area contributed by atoms with E-state index in [0.717, 1.165) is 11.3 Å². The van der Waals surface area contributed by atoms with E-state index in [1.807, 2.05) is 13.0 Å². The summed E-state index contributed by atoms with van der Waals surface area (Å²) in [5.41, 5.74) is 2.31. The number of carbonyl (C=O) groups excluding carboxylic acids is 1. The largest absolute Gasteiger partial charge is 0.462 e. The molecule has 0 aliphatic carbocycles. The summed E-state index contributed by atoms with van der Waals surface area (Å²) in [5.74, 6) is -0.159. The van der Waals surface area contributed by atoms with Crippen LogP contribution in [0.2, 0.25) is 0 Å². The standard InChI is InChI=1S/C14H14N6O2/c1-3-22-14(21)10-4-5-12(9(2)6-10)16-8-11(7-15)13-17-19-20-18-13/h4-6,8,16H,3H2,1-2H3,(H,17,18,19,20). The third-order valence-electron chi connectivity index (χ3n) is 2.82. The van der Waals surface area contributed by atoms with Gasteiger partial charge in [-0.05, 0) is 42.8 Å². The molecule has 2 rings (SSSR count). The minimum Gasteiger partial charge on any atom is -0.462 e. The molecule has 0 aliphatic heterocycles. The first-order valence-electron chi connectivity index (χ1n) is 6.54. The number of anilines is 1. The van der Waals surface area contributed by atoms with Gasteiger partial charge in [-0.1, -0.05) is 0 Å². The number of aromatic nitrogens is 4. The molecule has 1 heterocycles. The Balaban J connectivity index is 2.17. The summed E-state index contributed by atoms with van der Waals surface area (Å²) in [4.78, 5) is 11.7. The number of hydrogen-bond donors (Lipinski definition) is 2. The molecule has 1 aromatic carbocycles. The van der Waals surface area contributed by atoms with Crippen molar-refractivity contribution in [2.45, 2.75) is 13.8 Å². The smallest absolute Gasteiger partial charge is 0.338 e. The highest BCUT2D eigenvalue weighted by atomic mass is 16.5. The Bertz CT molecular complexity index is 730. The van der Waals surface area contributed by atoms with Crippen LogP contribution in [-0.4, -0.2) is 33.2 Å². The molecule has 2 aromatic rings. The summed E-state index contributed by atoms with van der Waals surface area (Å²) in [7, 11) is 0. The fraction of sp³-hybridized carbons (Fsp3) is 0.214. The van der Waals surface area contributed by atoms with Crippen LogP contribution in [-0.2, 0) is 4.74 Å². The summed E-state index contributed by atoms with van der Waals surface area (Å²) < 4.78 is 4.95. The first-order valence-corrected chi connectivity index (χ1v) is 6.54. The van der Waals surface area contributed by atoms with E-state index in [9.17, 15) is 4.79 Å². The molecular weight excluding hydrogens is 284 g/mol. The van der Waals surface area contributed by atoms with Crippen LogP contribution in [0.4, 0.5) is 5.69 Å². The lowest BCUT2D eigenvalue weighted by molar-refractivity contribution is 0.0526. The molecule has 0 amide bonds. The lowest BCUT2D eigenvalue weighted by Crippen LogP contribution is -2.05. The van der Waals surface area contributed by atoms with Gasteiger partial charge in [0, 0.05) is 11.9 Å². The molecule has 0 saturated heterocycles. The fourth-order valence-electron chi connectivity index (χ4n) is 1.74. The molecule has 112 valence electrons. The van der Waals surface area contributed by atoms with Crippen LogP contribution in [0.25, 0.3) is 5.57 Å². The number of benzene rings is 1. The molecule has 22 heavy (non-hydrogen) atoms. The zero-order valence-corrected chi connectivity index (χ0v) is 12.1. The van der Waals surface area contributed by atoms with E-state index in [1.165, 1.54) is 6.20 Å². The van der Waals surface area contributed by atoms with Gasteiger partial charge in [-0.25, -0.2) is 4.79 Å². The topological polar surface area (TPSA) is 117 Å². The number of rotatable bonds is 5. The molecule has 0 saturated carbocycles. The Morgan fingerprint density at radius 3 is 2.95 bits per heavy atom. The summed E-state index contributed by atoms with van der Waals surface area (Å²) >= 11 is 0. The first kappa shape index (κ1) is 15.2. The molecule has 8 nitrogen and oxygen atoms in total. The average molecular weight is 298 g/mol. The number of carbonyl (C=O) groups is 1. The number of aryl methyl sites for hydroxylation is 1. The van der Waals surface area contributed by atoms with Crippen LogP contribution in [0.1, 0.15) is 28.7 Å². The van der Waals surface area contributed by atoms with Crippen molar-refractivity contribution < 1.29 is 9.53 Å². The molecule has 0 unspecified atom stereocenters. The first-order chi connectivity index (χ1) is 10.7. The van der Waals surface area contributed by atoms with Crippen molar-refractivity contribution in [2.24, 2.45) is 0 Å². The molecule has 0 radical (unpaired) electrons. The number of nitriles is 1. The van der Waals surface area contributed by atoms with E-state index < -0.39 is 0 Å². The van der Waals surface area contributed by atoms with E-state index in [4.69, 9.17) is 10.00 Å². The van der Waals surface area contributed by atoms with Gasteiger partial charge in [-0.2, -0.15) is 10.5 Å². The quantitative estimate of drug-likeness (QED) is 0.636. The van der Waals surface area contributed by atoms with Crippen molar-refractivity contribution in [3.8, 4) is 6.07 Å². The molecule has 1 aromatic heterocycles. The molecule has 0 aliphatic rings. The van der Waals surface area contributed by atoms with Gasteiger partial charge in [-0.3, -0.25) is 0 Å². The van der Waals surface area contributed by atoms with E-state index in [0.29, 0.717) is 12.2 Å². The second-order valence-electron chi connectivity index (χ2n) is 4.30. The monoisotopic (exact) mass is 298 g/mol. The van der Waals surface area contributed by atoms with E-state index in [1.54, 1.807) is 25.1 Å². The summed E-state index contributed by atoms with van der Waals surface area (Å²) in [5, 5.41) is 25.2. The maximum absolute atomic E-state index is 11.7. The highest BCUT2D eigenvalue weighted by Crippen LogP contribution is 2.18. The maximum atomic E-state index is 11.7. The van der Waals surface area contributed by atoms with Crippen LogP contribution in [0.15, 0.2) is 24.4 Å². The summed E-state index contributed by atoms with van der Waals surface area (Å²) in [6, 6.07) is 7.09. The Kier molecular flexibility index (Phi) is 4.82. The molecule has 0 spiro atoms. The Morgan fingerprint density at radius 2 is 2.36 bits per heavy atom. The van der Waals surface area contributed by atoms with Gasteiger partial charge in [0.25, 0.3) is 0 Å². The third kappa shape index (κ3) is 3.46. The number of tetrazole rings is 1. The van der Waals surface area contributed by atoms with Gasteiger partial charge >= 0.3 is 5.97 Å². The zero-order valence-electron chi connectivity index (χ0n) is 12.1. The van der Waals surface area contributed by atoms with E-state index >= 15 is 0 Å². The van der Waals surface area contributed by atoms with Crippen LogP contribution in [0.5, 0.6) is 0 Å². The van der Waals surface area contributed by atoms with Gasteiger partial charge < -0.3 is 10.1 Å². The molecule has 2 N–H and O–H groups in total. The third-order valence-corrected chi connectivity index (χ3v) is 2.82. The number of hydrogen-bond acceptors (Lipinski definition) is 7. The number of nitrogens with zero attached hydrogens (tertiary/aromatic N) is 4. The maximum Gasteiger partial charge on any atom is 0.338 e. The summed E-state index contributed by atoms with van der Waals surface area (Å²) in [6.45, 7) is 3.93. The molecule has 0 atom stereocenters. The van der Waals surface area contributed by atoms with Crippen LogP contribution in [0.3, 0.4) is 0 Å². The van der Waals surface area contributed by atoms with Crippen LogP contribution >= 0.6 is 0 Å². The van der Waals surface area contributed by atoms with Crippen molar-refractivity contribution in [1.82, 2.24) is 20.6 Å². The van der Waals surface area contributed by atoms with Crippen molar-refractivity contribution in [1.29, 1.82) is 5.26 Å². The van der Waals surface area contributed by atoms with Crippen LogP contribution < -0.4 is 5.32 Å². The molecule has 8 heteroatoms. The molecule has 0 bridgehead atoms. The van der Waals surface area contributed by atoms with Gasteiger partial charge in [-0.15, -0.1) is 10.2 Å². The highest BCUT2D eigenvalue weighted by molar-refractivity contribution is 5.90. The van der Waals surface area contributed by atoms with Crippen molar-refractivity contribution in [3.05, 3.63) is 41.4 Å². The molecular formula is C14H14N6O2. The highest BCUT2D eigenvalue weighted by Gasteiger charge is 2.09. The number of nitrogens with one attached hydrogen (secondary N) is 2. The van der Waals surface area contributed by atoms with Gasteiger partial charge in [0.15, 0.2) is 0 Å². The predicted octanol–water partition coefficient (Wildman–Crippen LogP) is 1.66. The fourth-order valence-corrected chi connectivity index (χ4v) is 1.74. The Hall–Kier alpha value is -3.21. The number of esters is 1. The van der Waals surface area contributed by atoms with E-state index in [2.05, 4.69) is 25.9 Å². The number of ether oxygens (including phenoxy) is 1. The Labute approximate surface area is 126 Å². The van der Waals surface area contributed by atoms with Crippen molar-refractivity contribution >= 4 is 17.2 Å². The average Bonchev–Trinajstić information content (AvgIpc) is 3.03. The minimum atomic E-state index is -0.364. The zero-order chi connectivity index (χ0) is 15.9. The number of allylic oxidation sites excluding steroid dienone is 1. The normalized spacial score (nSPS) is 10.9. The van der Waals surface area contributed by atoms with Gasteiger partial charge in [0.2, 0.25) is 5.82 Å². The molecule has 0 fully saturated rings. The lowest BCUT2D eigenvalue weighted by Gasteiger charge is -2.08. The second-order valence-corrected chi connectivity index (χ2v) is 4.30. The minimum absolute atomic E-state index is 0.204. The van der Waals surface area contributed by atoms with Gasteiger partial charge in [0.05, 0.1) is 12.2 Å². The van der Waals surface area contributed by atoms with Crippen molar-refractivity contribution in [2.75, 3.05) is 11.9 Å². The van der Waals surface area contributed by atoms with E-state index in [-0.39, 0.29) is 17.4 Å². The van der Waals surface area contributed by atoms with Crippen LogP contribution in [0, 0.1) is 18.3 Å². The second kappa shape index (κ2) is 6.99. The predicted molar refractivity (Wildman–Crippen MR) is 78.5 cm³/mol. The number of aromatic amines is 1. The number of H-pyrrole nitrogens is 1. The lowest BCUT2D eigenvalue weighted by atomic mass is 10.1. The SMILES string of the molecule is CCOC(=O)c1ccc(NC=C(C#N)c2nn[nH]n2)c(C)c1. The summed E-state index contributed by atoms with van der Waals surface area (Å²) in [6.07, 6.45) is 1.48. The Morgan fingerprint density at radius 1 is 1.55 bits per heavy atom.